The first-order valence-corrected chi connectivity index (χ1v) is 5.60. The molecule has 0 amide bonds. The Morgan fingerprint density at radius 2 is 1.78 bits per heavy atom. The molecular formula is C11H20BNO5. The molecule has 18 heavy (non-hydrogen) atoms. The maximum atomic E-state index is 11.3. The van der Waals surface area contributed by atoms with Gasteiger partial charge in [0.25, 0.3) is 0 Å². The largest absolute Gasteiger partial charge is 0.633 e. The Bertz CT molecular complexity index is 332. The maximum Gasteiger partial charge on any atom is 0.633 e. The van der Waals surface area contributed by atoms with Gasteiger partial charge >= 0.3 is 13.4 Å². The van der Waals surface area contributed by atoms with E-state index in [1.165, 1.54) is 4.57 Å². The van der Waals surface area contributed by atoms with Gasteiger partial charge in [0.2, 0.25) is 0 Å². The first-order chi connectivity index (χ1) is 8.26. The zero-order valence-corrected chi connectivity index (χ0v) is 11.2. The van der Waals surface area contributed by atoms with Gasteiger partial charge in [-0.1, -0.05) is 0 Å². The SMILES string of the molecule is CC(C)(C)OC(=O)n1cccc1.CCOB(O)O. The van der Waals surface area contributed by atoms with Gasteiger partial charge in [-0.15, -0.1) is 0 Å². The topological polar surface area (TPSA) is 80.9 Å². The molecule has 0 bridgehead atoms. The van der Waals surface area contributed by atoms with Crippen molar-refractivity contribution in [1.82, 2.24) is 4.57 Å². The van der Waals surface area contributed by atoms with Gasteiger partial charge < -0.3 is 19.4 Å². The summed E-state index contributed by atoms with van der Waals surface area (Å²) in [6.07, 6.45) is 2.98. The molecule has 1 heterocycles. The molecule has 0 fully saturated rings. The van der Waals surface area contributed by atoms with Crippen LogP contribution >= 0.6 is 0 Å². The van der Waals surface area contributed by atoms with E-state index in [1.807, 2.05) is 20.8 Å². The molecule has 7 heteroatoms. The summed E-state index contributed by atoms with van der Waals surface area (Å²) in [5.74, 6) is 0. The van der Waals surface area contributed by atoms with E-state index in [4.69, 9.17) is 14.8 Å². The van der Waals surface area contributed by atoms with Crippen molar-refractivity contribution >= 4 is 13.4 Å². The Morgan fingerprint density at radius 1 is 1.28 bits per heavy atom. The lowest BCUT2D eigenvalue weighted by Gasteiger charge is -2.19. The minimum atomic E-state index is -1.60. The fourth-order valence-corrected chi connectivity index (χ4v) is 0.920. The third kappa shape index (κ3) is 8.80. The van der Waals surface area contributed by atoms with E-state index in [2.05, 4.69) is 4.65 Å². The molecule has 0 saturated heterocycles. The van der Waals surface area contributed by atoms with Gasteiger partial charge in [-0.05, 0) is 39.8 Å². The van der Waals surface area contributed by atoms with Crippen LogP contribution in [0, 0.1) is 0 Å². The normalized spacial score (nSPS) is 10.3. The molecule has 2 N–H and O–H groups in total. The highest BCUT2D eigenvalue weighted by Gasteiger charge is 2.16. The number of aromatic nitrogens is 1. The Hall–Kier alpha value is -1.31. The minimum Gasteiger partial charge on any atom is -0.443 e. The standard InChI is InChI=1S/C9H13NO2.C2H7BO3/c1-9(2,3)12-8(11)10-6-4-5-7-10;1-2-6-3(4)5/h4-7H,1-3H3;4-5H,2H2,1H3. The van der Waals surface area contributed by atoms with Gasteiger partial charge in [0.05, 0.1) is 0 Å². The van der Waals surface area contributed by atoms with E-state index in [-0.39, 0.29) is 6.09 Å². The van der Waals surface area contributed by atoms with Gasteiger partial charge in [-0.2, -0.15) is 0 Å². The van der Waals surface area contributed by atoms with Crippen LogP contribution in [0.2, 0.25) is 0 Å². The van der Waals surface area contributed by atoms with E-state index in [1.54, 1.807) is 31.5 Å². The third-order valence-corrected chi connectivity index (χ3v) is 1.52. The Balaban J connectivity index is 0.000000411. The van der Waals surface area contributed by atoms with Crippen molar-refractivity contribution in [3.63, 3.8) is 0 Å². The number of nitrogens with zero attached hydrogens (tertiary/aromatic N) is 1. The molecule has 0 unspecified atom stereocenters. The van der Waals surface area contributed by atoms with Crippen LogP contribution in [0.25, 0.3) is 0 Å². The number of ether oxygens (including phenoxy) is 1. The van der Waals surface area contributed by atoms with E-state index >= 15 is 0 Å². The molecule has 0 aliphatic rings. The predicted octanol–water partition coefficient (Wildman–Crippen LogP) is 1.26. The van der Waals surface area contributed by atoms with Gasteiger partial charge in [0, 0.05) is 19.0 Å². The molecule has 0 aliphatic carbocycles. The van der Waals surface area contributed by atoms with Gasteiger partial charge in [-0.25, -0.2) is 4.79 Å². The Morgan fingerprint density at radius 3 is 2.06 bits per heavy atom. The van der Waals surface area contributed by atoms with Gasteiger partial charge in [-0.3, -0.25) is 4.57 Å². The lowest BCUT2D eigenvalue weighted by atomic mass is 10.2. The lowest BCUT2D eigenvalue weighted by Crippen LogP contribution is -2.26. The van der Waals surface area contributed by atoms with Gasteiger partial charge in [0.15, 0.2) is 0 Å². The van der Waals surface area contributed by atoms with Crippen molar-refractivity contribution in [2.75, 3.05) is 6.61 Å². The summed E-state index contributed by atoms with van der Waals surface area (Å²) in [6, 6.07) is 3.56. The van der Waals surface area contributed by atoms with E-state index in [0.29, 0.717) is 6.61 Å². The first-order valence-electron chi connectivity index (χ1n) is 5.60. The Kier molecular flexibility index (Phi) is 7.34. The summed E-state index contributed by atoms with van der Waals surface area (Å²) in [5, 5.41) is 15.8. The van der Waals surface area contributed by atoms with Crippen molar-refractivity contribution in [2.24, 2.45) is 0 Å². The van der Waals surface area contributed by atoms with Crippen LogP contribution in [0.15, 0.2) is 24.5 Å². The van der Waals surface area contributed by atoms with E-state index in [0.717, 1.165) is 0 Å². The molecule has 0 spiro atoms. The second kappa shape index (κ2) is 7.91. The fourth-order valence-electron chi connectivity index (χ4n) is 0.920. The van der Waals surface area contributed by atoms with Crippen molar-refractivity contribution in [2.45, 2.75) is 33.3 Å². The second-order valence-electron chi connectivity index (χ2n) is 4.35. The van der Waals surface area contributed by atoms with Gasteiger partial charge in [0.1, 0.15) is 5.60 Å². The van der Waals surface area contributed by atoms with E-state index in [9.17, 15) is 4.79 Å². The molecule has 102 valence electrons. The molecule has 1 aromatic rings. The molecule has 6 nitrogen and oxygen atoms in total. The highest BCUT2D eigenvalue weighted by Crippen LogP contribution is 2.08. The monoisotopic (exact) mass is 257 g/mol. The summed E-state index contributed by atoms with van der Waals surface area (Å²) in [6.45, 7) is 7.54. The lowest BCUT2D eigenvalue weighted by molar-refractivity contribution is 0.0537. The van der Waals surface area contributed by atoms with Crippen molar-refractivity contribution in [3.05, 3.63) is 24.5 Å². The highest BCUT2D eigenvalue weighted by molar-refractivity contribution is 6.32. The summed E-state index contributed by atoms with van der Waals surface area (Å²) < 4.78 is 10.7. The van der Waals surface area contributed by atoms with Crippen LogP contribution < -0.4 is 0 Å². The quantitative estimate of drug-likeness (QED) is 0.779. The molecule has 0 saturated carbocycles. The number of carbonyl (C=O) groups excluding carboxylic acids is 1. The van der Waals surface area contributed by atoms with Crippen LogP contribution in [0.4, 0.5) is 4.79 Å². The average Bonchev–Trinajstić information content (AvgIpc) is 2.67. The number of carbonyl (C=O) groups is 1. The number of hydrogen-bond donors (Lipinski definition) is 2. The smallest absolute Gasteiger partial charge is 0.443 e. The predicted molar refractivity (Wildman–Crippen MR) is 67.9 cm³/mol. The zero-order chi connectivity index (χ0) is 14.2. The average molecular weight is 257 g/mol. The van der Waals surface area contributed by atoms with Crippen LogP contribution in [0.1, 0.15) is 27.7 Å². The molecule has 0 atom stereocenters. The number of hydrogen-bond acceptors (Lipinski definition) is 5. The number of rotatable bonds is 2. The summed E-state index contributed by atoms with van der Waals surface area (Å²) in [7, 11) is -1.60. The van der Waals surface area contributed by atoms with Crippen molar-refractivity contribution < 1.29 is 24.2 Å². The fraction of sp³-hybridized carbons (Fsp3) is 0.545. The molecule has 1 rings (SSSR count). The third-order valence-electron chi connectivity index (χ3n) is 1.52. The summed E-state index contributed by atoms with van der Waals surface area (Å²) in [5.41, 5.74) is -0.429. The Labute approximate surface area is 107 Å². The van der Waals surface area contributed by atoms with Crippen LogP contribution in [0.5, 0.6) is 0 Å². The molecule has 1 aromatic heterocycles. The highest BCUT2D eigenvalue weighted by atomic mass is 16.6. The van der Waals surface area contributed by atoms with Crippen LogP contribution in [-0.4, -0.2) is 40.2 Å². The summed E-state index contributed by atoms with van der Waals surface area (Å²) in [4.78, 5) is 11.3. The van der Waals surface area contributed by atoms with Crippen molar-refractivity contribution in [3.8, 4) is 0 Å². The van der Waals surface area contributed by atoms with Crippen LogP contribution in [0.3, 0.4) is 0 Å². The van der Waals surface area contributed by atoms with E-state index < -0.39 is 12.9 Å². The molecule has 0 radical (unpaired) electrons. The zero-order valence-electron chi connectivity index (χ0n) is 11.2. The minimum absolute atomic E-state index is 0.331. The van der Waals surface area contributed by atoms with Crippen LogP contribution in [-0.2, 0) is 9.39 Å². The first kappa shape index (κ1) is 16.7. The van der Waals surface area contributed by atoms with Crippen molar-refractivity contribution in [1.29, 1.82) is 0 Å². The second-order valence-corrected chi connectivity index (χ2v) is 4.35. The maximum absolute atomic E-state index is 11.3. The molecule has 0 aromatic carbocycles. The molecule has 0 aliphatic heterocycles. The summed E-state index contributed by atoms with van der Waals surface area (Å²) >= 11 is 0. The molecular weight excluding hydrogens is 237 g/mol.